The zero-order valence-electron chi connectivity index (χ0n) is 15.7. The minimum atomic E-state index is -1.12. The second-order valence-corrected chi connectivity index (χ2v) is 7.39. The quantitative estimate of drug-likeness (QED) is 0.403. The number of amides is 1. The molecule has 2 aliphatic carbocycles. The Morgan fingerprint density at radius 3 is 2.34 bits per heavy atom. The molecule has 0 heterocycles. The van der Waals surface area contributed by atoms with Crippen molar-refractivity contribution < 1.29 is 19.2 Å². The van der Waals surface area contributed by atoms with Crippen LogP contribution in [0.2, 0.25) is 0 Å². The van der Waals surface area contributed by atoms with E-state index in [9.17, 15) is 19.7 Å². The van der Waals surface area contributed by atoms with Gasteiger partial charge in [0, 0.05) is 23.7 Å². The lowest BCUT2D eigenvalue weighted by Gasteiger charge is -2.18. The minimum absolute atomic E-state index is 0.0261. The van der Waals surface area contributed by atoms with Crippen LogP contribution in [0.4, 0.5) is 11.4 Å². The first-order valence-corrected chi connectivity index (χ1v) is 9.62. The maximum absolute atomic E-state index is 12.7. The van der Waals surface area contributed by atoms with E-state index in [4.69, 9.17) is 4.74 Å². The summed E-state index contributed by atoms with van der Waals surface area (Å²) in [5.41, 5.74) is 0.754. The molecule has 0 radical (unpaired) electrons. The first-order chi connectivity index (χ1) is 14.0. The van der Waals surface area contributed by atoms with Crippen molar-refractivity contribution in [3.8, 4) is 0 Å². The van der Waals surface area contributed by atoms with Crippen molar-refractivity contribution in [1.29, 1.82) is 0 Å². The van der Waals surface area contributed by atoms with E-state index in [1.165, 1.54) is 18.2 Å². The number of hydrogen-bond donors (Lipinski definition) is 2. The van der Waals surface area contributed by atoms with Crippen LogP contribution in [0.15, 0.2) is 48.5 Å². The topological polar surface area (TPSA) is 111 Å². The maximum Gasteiger partial charge on any atom is 0.339 e. The van der Waals surface area contributed by atoms with Gasteiger partial charge in [0.15, 0.2) is 0 Å². The number of benzene rings is 2. The fourth-order valence-corrected chi connectivity index (χ4v) is 2.96. The van der Waals surface area contributed by atoms with Crippen LogP contribution in [0.1, 0.15) is 47.7 Å². The van der Waals surface area contributed by atoms with Crippen LogP contribution in [0, 0.1) is 10.1 Å². The first kappa shape index (κ1) is 18.9. The van der Waals surface area contributed by atoms with Crippen molar-refractivity contribution in [3.63, 3.8) is 0 Å². The Bertz CT molecular complexity index is 939. The molecule has 2 aliphatic rings. The van der Waals surface area contributed by atoms with Gasteiger partial charge in [-0.1, -0.05) is 30.3 Å². The van der Waals surface area contributed by atoms with Gasteiger partial charge in [0.2, 0.25) is 6.10 Å². The predicted octanol–water partition coefficient (Wildman–Crippen LogP) is 3.35. The largest absolute Gasteiger partial charge is 0.444 e. The van der Waals surface area contributed by atoms with E-state index in [1.807, 2.05) is 0 Å². The summed E-state index contributed by atoms with van der Waals surface area (Å²) in [6.45, 7) is 0. The molecule has 2 saturated carbocycles. The lowest BCUT2D eigenvalue weighted by Crippen LogP contribution is -2.33. The number of rotatable bonds is 8. The highest BCUT2D eigenvalue weighted by molar-refractivity contribution is 5.94. The van der Waals surface area contributed by atoms with Gasteiger partial charge in [-0.3, -0.25) is 14.9 Å². The molecule has 2 N–H and O–H groups in total. The molecule has 2 aromatic carbocycles. The summed E-state index contributed by atoms with van der Waals surface area (Å²) in [5.74, 6) is -1.18. The number of ether oxygens (including phenoxy) is 1. The monoisotopic (exact) mass is 395 g/mol. The summed E-state index contributed by atoms with van der Waals surface area (Å²) < 4.78 is 5.49. The molecule has 2 fully saturated rings. The van der Waals surface area contributed by atoms with Crippen LogP contribution in [-0.2, 0) is 9.53 Å². The summed E-state index contributed by atoms with van der Waals surface area (Å²) in [6, 6.07) is 13.2. The highest BCUT2D eigenvalue weighted by Crippen LogP contribution is 2.32. The molecule has 8 heteroatoms. The van der Waals surface area contributed by atoms with Crippen molar-refractivity contribution in [2.45, 2.75) is 43.9 Å². The Labute approximate surface area is 167 Å². The van der Waals surface area contributed by atoms with E-state index in [0.717, 1.165) is 25.7 Å². The van der Waals surface area contributed by atoms with Gasteiger partial charge >= 0.3 is 5.97 Å². The predicted molar refractivity (Wildman–Crippen MR) is 106 cm³/mol. The van der Waals surface area contributed by atoms with Crippen molar-refractivity contribution in [2.24, 2.45) is 0 Å². The molecular formula is C21H21N3O5. The number of anilines is 1. The van der Waals surface area contributed by atoms with Crippen molar-refractivity contribution >= 4 is 23.3 Å². The molecule has 0 saturated heterocycles. The van der Waals surface area contributed by atoms with Gasteiger partial charge in [0.05, 0.1) is 10.5 Å². The number of nitro groups is 1. The lowest BCUT2D eigenvalue weighted by atomic mass is 10.1. The maximum atomic E-state index is 12.7. The SMILES string of the molecule is O=C(OC(C(=O)NC1CC1)c1ccccc1)c1ccc(NC2CC2)c([N+](=O)[O-])c1. The summed E-state index contributed by atoms with van der Waals surface area (Å²) in [5, 5.41) is 17.4. The molecule has 0 spiro atoms. The molecule has 4 rings (SSSR count). The number of hydrogen-bond acceptors (Lipinski definition) is 6. The summed E-state index contributed by atoms with van der Waals surface area (Å²) in [6.07, 6.45) is 2.63. The van der Waals surface area contributed by atoms with Crippen molar-refractivity contribution in [3.05, 3.63) is 69.8 Å². The van der Waals surface area contributed by atoms with E-state index < -0.39 is 22.9 Å². The average Bonchev–Trinajstić information content (AvgIpc) is 3.64. The fourth-order valence-electron chi connectivity index (χ4n) is 2.96. The normalized spacial score (nSPS) is 16.6. The third-order valence-corrected chi connectivity index (χ3v) is 4.86. The number of carbonyl (C=O) groups is 2. The van der Waals surface area contributed by atoms with Crippen LogP contribution in [0.3, 0.4) is 0 Å². The number of esters is 1. The third-order valence-electron chi connectivity index (χ3n) is 4.86. The van der Waals surface area contributed by atoms with Crippen LogP contribution < -0.4 is 10.6 Å². The number of nitrogens with zero attached hydrogens (tertiary/aromatic N) is 1. The number of nitro benzene ring substituents is 1. The smallest absolute Gasteiger partial charge is 0.339 e. The highest BCUT2D eigenvalue weighted by atomic mass is 16.6. The fraction of sp³-hybridized carbons (Fsp3) is 0.333. The van der Waals surface area contributed by atoms with Crippen LogP contribution >= 0.6 is 0 Å². The molecule has 0 bridgehead atoms. The van der Waals surface area contributed by atoms with E-state index in [0.29, 0.717) is 11.3 Å². The van der Waals surface area contributed by atoms with Crippen LogP contribution in [0.25, 0.3) is 0 Å². The second kappa shape index (κ2) is 7.90. The number of nitrogens with one attached hydrogen (secondary N) is 2. The Morgan fingerprint density at radius 1 is 1.03 bits per heavy atom. The van der Waals surface area contributed by atoms with E-state index in [2.05, 4.69) is 10.6 Å². The highest BCUT2D eigenvalue weighted by Gasteiger charge is 2.32. The molecule has 8 nitrogen and oxygen atoms in total. The second-order valence-electron chi connectivity index (χ2n) is 7.39. The molecule has 29 heavy (non-hydrogen) atoms. The van der Waals surface area contributed by atoms with E-state index >= 15 is 0 Å². The molecule has 150 valence electrons. The van der Waals surface area contributed by atoms with Crippen molar-refractivity contribution in [2.75, 3.05) is 5.32 Å². The summed E-state index contributed by atoms with van der Waals surface area (Å²) in [7, 11) is 0. The summed E-state index contributed by atoms with van der Waals surface area (Å²) in [4.78, 5) is 36.2. The standard InChI is InChI=1S/C21H21N3O5/c25-20(23-16-9-10-16)19(13-4-2-1-3-5-13)29-21(26)14-6-11-17(22-15-7-8-15)18(12-14)24(27)28/h1-6,11-12,15-16,19,22H,7-10H2,(H,23,25). The molecule has 1 amide bonds. The van der Waals surface area contributed by atoms with Crippen LogP contribution in [0.5, 0.6) is 0 Å². The van der Waals surface area contributed by atoms with Gasteiger partial charge in [-0.05, 0) is 37.8 Å². The van der Waals surface area contributed by atoms with Crippen molar-refractivity contribution in [1.82, 2.24) is 5.32 Å². The van der Waals surface area contributed by atoms with E-state index in [1.54, 1.807) is 30.3 Å². The van der Waals surface area contributed by atoms with Gasteiger partial charge in [-0.25, -0.2) is 4.79 Å². The van der Waals surface area contributed by atoms with Gasteiger partial charge in [-0.2, -0.15) is 0 Å². The zero-order valence-corrected chi connectivity index (χ0v) is 15.7. The Balaban J connectivity index is 1.55. The van der Waals surface area contributed by atoms with Gasteiger partial charge in [-0.15, -0.1) is 0 Å². The minimum Gasteiger partial charge on any atom is -0.444 e. The molecule has 2 aromatic rings. The third kappa shape index (κ3) is 4.71. The Hall–Kier alpha value is -3.42. The molecule has 0 aromatic heterocycles. The van der Waals surface area contributed by atoms with E-state index in [-0.39, 0.29) is 23.3 Å². The Morgan fingerprint density at radius 2 is 1.72 bits per heavy atom. The Kier molecular flexibility index (Phi) is 5.16. The van der Waals surface area contributed by atoms with Gasteiger partial charge in [0.25, 0.3) is 11.6 Å². The molecule has 0 aliphatic heterocycles. The molecule has 1 atom stereocenters. The molecule has 1 unspecified atom stereocenters. The van der Waals surface area contributed by atoms with Gasteiger partial charge in [0.1, 0.15) is 5.69 Å². The molecular weight excluding hydrogens is 374 g/mol. The first-order valence-electron chi connectivity index (χ1n) is 9.62. The van der Waals surface area contributed by atoms with Gasteiger partial charge < -0.3 is 15.4 Å². The zero-order chi connectivity index (χ0) is 20.4. The van der Waals surface area contributed by atoms with Crippen LogP contribution in [-0.4, -0.2) is 28.9 Å². The average molecular weight is 395 g/mol. The summed E-state index contributed by atoms with van der Waals surface area (Å²) >= 11 is 0. The lowest BCUT2D eigenvalue weighted by molar-refractivity contribution is -0.384. The number of carbonyl (C=O) groups excluding carboxylic acids is 2.